The molecule has 2 aliphatic rings. The van der Waals surface area contributed by atoms with Crippen molar-refractivity contribution in [3.8, 4) is 0 Å². The summed E-state index contributed by atoms with van der Waals surface area (Å²) in [5.74, 6) is -0.313. The number of anilines is 1. The predicted octanol–water partition coefficient (Wildman–Crippen LogP) is 0.794. The van der Waals surface area contributed by atoms with Crippen LogP contribution >= 0.6 is 0 Å². The molecular formula is C15H17N3O3. The fourth-order valence-corrected chi connectivity index (χ4v) is 3.10. The highest BCUT2D eigenvalue weighted by Crippen LogP contribution is 2.40. The second-order valence-corrected chi connectivity index (χ2v) is 5.66. The number of amides is 2. The van der Waals surface area contributed by atoms with Gasteiger partial charge in [-0.05, 0) is 30.5 Å². The van der Waals surface area contributed by atoms with E-state index in [1.807, 2.05) is 18.2 Å². The van der Waals surface area contributed by atoms with E-state index in [2.05, 4.69) is 15.8 Å². The number of hydrogen-bond donors (Lipinski definition) is 3. The summed E-state index contributed by atoms with van der Waals surface area (Å²) in [6.07, 6.45) is 1.72. The lowest BCUT2D eigenvalue weighted by atomic mass is 9.67. The molecule has 6 nitrogen and oxygen atoms in total. The van der Waals surface area contributed by atoms with Crippen LogP contribution in [0.1, 0.15) is 30.9 Å². The van der Waals surface area contributed by atoms with Gasteiger partial charge in [0.1, 0.15) is 0 Å². The van der Waals surface area contributed by atoms with Crippen molar-refractivity contribution < 1.29 is 14.7 Å². The van der Waals surface area contributed by atoms with Crippen LogP contribution in [0.3, 0.4) is 0 Å². The molecule has 1 aliphatic carbocycles. The van der Waals surface area contributed by atoms with Gasteiger partial charge in [-0.15, -0.1) is 0 Å². The lowest BCUT2D eigenvalue weighted by molar-refractivity contribution is -0.124. The molecule has 1 aromatic rings. The molecular weight excluding hydrogens is 270 g/mol. The number of aryl methyl sites for hydroxylation is 1. The Morgan fingerprint density at radius 3 is 3.05 bits per heavy atom. The van der Waals surface area contributed by atoms with Gasteiger partial charge < -0.3 is 10.4 Å². The minimum Gasteiger partial charge on any atom is -0.395 e. The second kappa shape index (κ2) is 4.96. The number of nitrogens with zero attached hydrogens (tertiary/aromatic N) is 1. The summed E-state index contributed by atoms with van der Waals surface area (Å²) < 4.78 is 0. The number of nitrogens with one attached hydrogen (secondary N) is 2. The van der Waals surface area contributed by atoms with Gasteiger partial charge in [-0.3, -0.25) is 9.59 Å². The van der Waals surface area contributed by atoms with E-state index in [9.17, 15) is 14.7 Å². The standard InChI is InChI=1S/C15H17N3O3/c1-9(20)16-11-3-2-10-4-5-15(8-19)7-13(21)17-18-14(15)12(10)6-11/h2-3,6,19H,4-5,7-8H2,1H3,(H,16,20)(H,17,21). The van der Waals surface area contributed by atoms with E-state index in [0.717, 1.165) is 17.5 Å². The summed E-state index contributed by atoms with van der Waals surface area (Å²) in [7, 11) is 0. The molecule has 0 aromatic heterocycles. The van der Waals surface area contributed by atoms with E-state index in [1.165, 1.54) is 6.92 Å². The summed E-state index contributed by atoms with van der Waals surface area (Å²) in [5, 5.41) is 16.7. The molecule has 0 saturated carbocycles. The molecule has 1 heterocycles. The lowest BCUT2D eigenvalue weighted by Gasteiger charge is -2.39. The maximum atomic E-state index is 11.6. The van der Waals surface area contributed by atoms with Gasteiger partial charge in [-0.25, -0.2) is 5.43 Å². The molecule has 3 N–H and O–H groups in total. The highest BCUT2D eigenvalue weighted by molar-refractivity contribution is 6.11. The Morgan fingerprint density at radius 2 is 2.33 bits per heavy atom. The molecule has 0 fully saturated rings. The fraction of sp³-hybridized carbons (Fsp3) is 0.400. The SMILES string of the molecule is CC(=O)Nc1ccc2c(c1)C1=NNC(=O)CC1(CO)CC2. The summed E-state index contributed by atoms with van der Waals surface area (Å²) in [4.78, 5) is 22.8. The van der Waals surface area contributed by atoms with Crippen molar-refractivity contribution in [2.75, 3.05) is 11.9 Å². The van der Waals surface area contributed by atoms with Crippen molar-refractivity contribution in [2.24, 2.45) is 10.5 Å². The summed E-state index contributed by atoms with van der Waals surface area (Å²) in [6.45, 7) is 1.35. The van der Waals surface area contributed by atoms with Gasteiger partial charge in [0.2, 0.25) is 11.8 Å². The first-order valence-electron chi connectivity index (χ1n) is 6.93. The van der Waals surface area contributed by atoms with Crippen LogP contribution in [0, 0.1) is 5.41 Å². The van der Waals surface area contributed by atoms with Gasteiger partial charge >= 0.3 is 0 Å². The quantitative estimate of drug-likeness (QED) is 0.751. The Balaban J connectivity index is 2.08. The first-order valence-corrected chi connectivity index (χ1v) is 6.93. The third kappa shape index (κ3) is 2.31. The van der Waals surface area contributed by atoms with Crippen molar-refractivity contribution in [1.29, 1.82) is 0 Å². The summed E-state index contributed by atoms with van der Waals surface area (Å²) in [5.41, 5.74) is 5.29. The second-order valence-electron chi connectivity index (χ2n) is 5.66. The maximum absolute atomic E-state index is 11.6. The Hall–Kier alpha value is -2.21. The molecule has 6 heteroatoms. The Labute approximate surface area is 122 Å². The zero-order chi connectivity index (χ0) is 15.0. The summed E-state index contributed by atoms with van der Waals surface area (Å²) >= 11 is 0. The number of hydrazone groups is 1. The average molecular weight is 287 g/mol. The molecule has 0 radical (unpaired) electrons. The molecule has 1 atom stereocenters. The van der Waals surface area contributed by atoms with Crippen molar-refractivity contribution >= 4 is 23.2 Å². The van der Waals surface area contributed by atoms with Crippen molar-refractivity contribution in [2.45, 2.75) is 26.2 Å². The van der Waals surface area contributed by atoms with Gasteiger partial charge in [0.05, 0.1) is 12.3 Å². The fourth-order valence-electron chi connectivity index (χ4n) is 3.10. The molecule has 1 unspecified atom stereocenters. The molecule has 2 amide bonds. The highest BCUT2D eigenvalue weighted by atomic mass is 16.3. The number of hydrogen-bond acceptors (Lipinski definition) is 4. The molecule has 3 rings (SSSR count). The molecule has 0 bridgehead atoms. The highest BCUT2D eigenvalue weighted by Gasteiger charge is 2.44. The van der Waals surface area contributed by atoms with Crippen molar-refractivity contribution in [1.82, 2.24) is 5.43 Å². The smallest absolute Gasteiger partial charge is 0.241 e. The first kappa shape index (κ1) is 13.8. The van der Waals surface area contributed by atoms with Crippen LogP contribution in [0.2, 0.25) is 0 Å². The number of carbonyl (C=O) groups excluding carboxylic acids is 2. The van der Waals surface area contributed by atoms with Crippen LogP contribution in [0.4, 0.5) is 5.69 Å². The number of aliphatic hydroxyl groups is 1. The Bertz CT molecular complexity index is 654. The van der Waals surface area contributed by atoms with Gasteiger partial charge in [0, 0.05) is 30.0 Å². The minimum atomic E-state index is -0.607. The summed E-state index contributed by atoms with van der Waals surface area (Å²) in [6, 6.07) is 5.67. The van der Waals surface area contributed by atoms with E-state index in [0.29, 0.717) is 17.8 Å². The van der Waals surface area contributed by atoms with Gasteiger partial charge in [0.15, 0.2) is 0 Å². The van der Waals surface area contributed by atoms with Gasteiger partial charge in [-0.1, -0.05) is 6.07 Å². The van der Waals surface area contributed by atoms with E-state index in [1.54, 1.807) is 0 Å². The van der Waals surface area contributed by atoms with Crippen LogP contribution in [0.15, 0.2) is 23.3 Å². The largest absolute Gasteiger partial charge is 0.395 e. The first-order chi connectivity index (χ1) is 10.0. The molecule has 1 aromatic carbocycles. The number of rotatable bonds is 2. The van der Waals surface area contributed by atoms with Crippen molar-refractivity contribution in [3.05, 3.63) is 29.3 Å². The van der Waals surface area contributed by atoms with Gasteiger partial charge in [0.25, 0.3) is 0 Å². The third-order valence-corrected chi connectivity index (χ3v) is 4.15. The third-order valence-electron chi connectivity index (χ3n) is 4.15. The average Bonchev–Trinajstić information content (AvgIpc) is 2.46. The lowest BCUT2D eigenvalue weighted by Crippen LogP contribution is -2.47. The topological polar surface area (TPSA) is 90.8 Å². The van der Waals surface area contributed by atoms with Crippen LogP contribution in [0.5, 0.6) is 0 Å². The number of aliphatic hydroxyl groups excluding tert-OH is 1. The molecule has 0 saturated heterocycles. The van der Waals surface area contributed by atoms with Gasteiger partial charge in [-0.2, -0.15) is 5.10 Å². The Morgan fingerprint density at radius 1 is 1.52 bits per heavy atom. The van der Waals surface area contributed by atoms with E-state index in [4.69, 9.17) is 0 Å². The van der Waals surface area contributed by atoms with Crippen LogP contribution in [0.25, 0.3) is 0 Å². The Kier molecular flexibility index (Phi) is 3.25. The van der Waals surface area contributed by atoms with Crippen LogP contribution < -0.4 is 10.7 Å². The van der Waals surface area contributed by atoms with Crippen LogP contribution in [-0.2, 0) is 16.0 Å². The number of benzene rings is 1. The molecule has 0 spiro atoms. The predicted molar refractivity (Wildman–Crippen MR) is 77.9 cm³/mol. The molecule has 1 aliphatic heterocycles. The molecule has 110 valence electrons. The number of fused-ring (bicyclic) bond motifs is 3. The molecule has 21 heavy (non-hydrogen) atoms. The van der Waals surface area contributed by atoms with E-state index in [-0.39, 0.29) is 24.8 Å². The zero-order valence-corrected chi connectivity index (χ0v) is 11.8. The number of carbonyl (C=O) groups is 2. The van der Waals surface area contributed by atoms with Crippen LogP contribution in [-0.4, -0.2) is 29.2 Å². The zero-order valence-electron chi connectivity index (χ0n) is 11.8. The maximum Gasteiger partial charge on any atom is 0.241 e. The minimum absolute atomic E-state index is 0.108. The normalized spacial score (nSPS) is 23.5. The van der Waals surface area contributed by atoms with E-state index < -0.39 is 5.41 Å². The monoisotopic (exact) mass is 287 g/mol. The van der Waals surface area contributed by atoms with Crippen molar-refractivity contribution in [3.63, 3.8) is 0 Å². The van der Waals surface area contributed by atoms with E-state index >= 15 is 0 Å².